The third-order valence-electron chi connectivity index (χ3n) is 0.554. The molecule has 0 atom stereocenters. The van der Waals surface area contributed by atoms with E-state index in [0.29, 0.717) is 0 Å². The van der Waals surface area contributed by atoms with Gasteiger partial charge in [0.2, 0.25) is 0 Å². The highest BCUT2D eigenvalue weighted by atomic mass is 19.0. The van der Waals surface area contributed by atoms with E-state index in [9.17, 15) is 4.79 Å². The summed E-state index contributed by atoms with van der Waals surface area (Å²) in [5.41, 5.74) is 4.96. The second-order valence-corrected chi connectivity index (χ2v) is 1.17. The molecule has 0 fully saturated rings. The first-order valence-electron chi connectivity index (χ1n) is 2.17. The Morgan fingerprint density at radius 3 is 1.73 bits per heavy atom. The van der Waals surface area contributed by atoms with Gasteiger partial charge in [0.15, 0.2) is 5.78 Å². The number of halogens is 4. The number of rotatable bonds is 2. The summed E-state index contributed by atoms with van der Waals surface area (Å²) < 4.78 is 0. The minimum absolute atomic E-state index is 0. The minimum Gasteiger partial charge on any atom is -0.324 e. The van der Waals surface area contributed by atoms with Gasteiger partial charge in [-0.05, 0) is 13.0 Å². The van der Waals surface area contributed by atoms with Gasteiger partial charge < -0.3 is 5.73 Å². The molecule has 0 aliphatic carbocycles. The highest BCUT2D eigenvalue weighted by molar-refractivity contribution is 5.91. The maximum Gasteiger partial charge on any atom is 0.168 e. The summed E-state index contributed by atoms with van der Waals surface area (Å²) in [7, 11) is 0. The second kappa shape index (κ2) is 23.0. The van der Waals surface area contributed by atoms with Gasteiger partial charge in [0.05, 0.1) is 6.54 Å². The zero-order chi connectivity index (χ0) is 5.70. The Kier molecular flexibility index (Phi) is 67.2. The lowest BCUT2D eigenvalue weighted by Crippen LogP contribution is -2.09. The Morgan fingerprint density at radius 2 is 1.64 bits per heavy atom. The molecule has 0 aromatic rings. The number of carbonyl (C=O) groups excluding carboxylic acids is 1. The molecular weight excluding hydrogens is 166 g/mol. The van der Waals surface area contributed by atoms with Crippen molar-refractivity contribution in [1.82, 2.24) is 0 Å². The van der Waals surface area contributed by atoms with Crippen molar-refractivity contribution in [3.63, 3.8) is 0 Å². The van der Waals surface area contributed by atoms with E-state index < -0.39 is 0 Å². The van der Waals surface area contributed by atoms with Crippen LogP contribution < -0.4 is 5.73 Å². The number of carbonyl (C=O) groups is 1. The normalized spacial score (nSPS) is 6.36. The summed E-state index contributed by atoms with van der Waals surface area (Å²) >= 11 is 0. The molecular formula is C5H13F4NO. The smallest absolute Gasteiger partial charge is 0.168 e. The fraction of sp³-hybridized carbons (Fsp3) is 0.400. The largest absolute Gasteiger partial charge is 0.324 e. The molecule has 72 valence electrons. The molecule has 0 heterocycles. The first-order valence-corrected chi connectivity index (χ1v) is 2.17. The Labute approximate surface area is 61.9 Å². The van der Waals surface area contributed by atoms with Gasteiger partial charge in [-0.15, -0.1) is 0 Å². The van der Waals surface area contributed by atoms with Crippen molar-refractivity contribution in [3.05, 3.63) is 12.2 Å². The summed E-state index contributed by atoms with van der Waals surface area (Å²) in [4.78, 5) is 10.2. The number of hydrogen-bond donors (Lipinski definition) is 1. The predicted molar refractivity (Wildman–Crippen MR) is 38.9 cm³/mol. The van der Waals surface area contributed by atoms with Crippen LogP contribution in [-0.2, 0) is 4.79 Å². The Morgan fingerprint density at radius 1 is 1.27 bits per heavy atom. The molecule has 0 bridgehead atoms. The number of ketones is 1. The Bertz CT molecular complexity index is 96.5. The van der Waals surface area contributed by atoms with Crippen LogP contribution in [0.25, 0.3) is 0 Å². The van der Waals surface area contributed by atoms with Gasteiger partial charge in [-0.25, -0.2) is 0 Å². The molecule has 0 unspecified atom stereocenters. The number of hydrogen-bond acceptors (Lipinski definition) is 2. The van der Waals surface area contributed by atoms with Crippen molar-refractivity contribution in [2.24, 2.45) is 5.73 Å². The molecule has 11 heavy (non-hydrogen) atoms. The Balaban J connectivity index is -0.0000000300. The average Bonchev–Trinajstić information content (AvgIpc) is 1.68. The molecule has 0 aromatic heterocycles. The van der Waals surface area contributed by atoms with Gasteiger partial charge >= 0.3 is 0 Å². The monoisotopic (exact) mass is 179 g/mol. The van der Waals surface area contributed by atoms with Gasteiger partial charge in [0.1, 0.15) is 0 Å². The highest BCUT2D eigenvalue weighted by Gasteiger charge is 1.84. The molecule has 0 rings (SSSR count). The SMILES string of the molecule is CC=CC(=O)CN.F.F.F.F. The lowest BCUT2D eigenvalue weighted by Gasteiger charge is -1.79. The van der Waals surface area contributed by atoms with Crippen LogP contribution in [0.2, 0.25) is 0 Å². The molecule has 2 N–H and O–H groups in total. The van der Waals surface area contributed by atoms with E-state index in [2.05, 4.69) is 0 Å². The fourth-order valence-electron chi connectivity index (χ4n) is 0.254. The maximum atomic E-state index is 10.2. The lowest BCUT2D eigenvalue weighted by atomic mass is 10.4. The van der Waals surface area contributed by atoms with E-state index >= 15 is 0 Å². The van der Waals surface area contributed by atoms with Crippen LogP contribution in [0.4, 0.5) is 18.8 Å². The van der Waals surface area contributed by atoms with Gasteiger partial charge in [-0.3, -0.25) is 23.6 Å². The molecule has 0 radical (unpaired) electrons. The summed E-state index contributed by atoms with van der Waals surface area (Å²) in [5.74, 6) is -0.0255. The standard InChI is InChI=1S/C5H9NO.4FH/c1-2-3-5(7)4-6;;;;/h2-3H,4,6H2,1H3;4*1H. The van der Waals surface area contributed by atoms with Crippen LogP contribution in [0.3, 0.4) is 0 Å². The van der Waals surface area contributed by atoms with Crippen molar-refractivity contribution in [2.75, 3.05) is 6.54 Å². The maximum absolute atomic E-state index is 10.2. The van der Waals surface area contributed by atoms with Crippen LogP contribution in [0.1, 0.15) is 6.92 Å². The van der Waals surface area contributed by atoms with Gasteiger partial charge in [-0.1, -0.05) is 6.08 Å². The summed E-state index contributed by atoms with van der Waals surface area (Å²) in [5, 5.41) is 0. The quantitative estimate of drug-likeness (QED) is 0.501. The van der Waals surface area contributed by atoms with E-state index in [4.69, 9.17) is 5.73 Å². The van der Waals surface area contributed by atoms with Crippen LogP contribution in [-0.4, -0.2) is 12.3 Å². The first-order chi connectivity index (χ1) is 3.31. The molecule has 0 aliphatic heterocycles. The Hall–Kier alpha value is -0.910. The van der Waals surface area contributed by atoms with Crippen LogP contribution >= 0.6 is 0 Å². The highest BCUT2D eigenvalue weighted by Crippen LogP contribution is 1.69. The lowest BCUT2D eigenvalue weighted by molar-refractivity contribution is -0.113. The third-order valence-corrected chi connectivity index (χ3v) is 0.554. The molecule has 6 heteroatoms. The molecule has 0 aliphatic rings. The van der Waals surface area contributed by atoms with Crippen LogP contribution in [0.5, 0.6) is 0 Å². The van der Waals surface area contributed by atoms with E-state index in [1.165, 1.54) is 6.08 Å². The van der Waals surface area contributed by atoms with Gasteiger partial charge in [-0.2, -0.15) is 0 Å². The van der Waals surface area contributed by atoms with Gasteiger partial charge in [0, 0.05) is 0 Å². The van der Waals surface area contributed by atoms with E-state index in [1.54, 1.807) is 13.0 Å². The first kappa shape index (κ1) is 32.2. The predicted octanol–water partition coefficient (Wildman–Crippen LogP) is 0.700. The molecule has 0 saturated carbocycles. The van der Waals surface area contributed by atoms with Crippen LogP contribution in [0, 0.1) is 0 Å². The zero-order valence-corrected chi connectivity index (χ0v) is 5.98. The number of allylic oxidation sites excluding steroid dienone is 1. The fourth-order valence-corrected chi connectivity index (χ4v) is 0.254. The van der Waals surface area contributed by atoms with Crippen molar-refractivity contribution in [3.8, 4) is 0 Å². The van der Waals surface area contributed by atoms with E-state index in [0.717, 1.165) is 0 Å². The van der Waals surface area contributed by atoms with Crippen LogP contribution in [0.15, 0.2) is 12.2 Å². The summed E-state index contributed by atoms with van der Waals surface area (Å²) in [6.07, 6.45) is 3.13. The zero-order valence-electron chi connectivity index (χ0n) is 5.98. The molecule has 0 saturated heterocycles. The molecule has 2 nitrogen and oxygen atoms in total. The second-order valence-electron chi connectivity index (χ2n) is 1.17. The van der Waals surface area contributed by atoms with E-state index in [-0.39, 0.29) is 31.1 Å². The van der Waals surface area contributed by atoms with E-state index in [1.807, 2.05) is 0 Å². The molecule has 0 spiro atoms. The topological polar surface area (TPSA) is 43.1 Å². The summed E-state index contributed by atoms with van der Waals surface area (Å²) in [6.45, 7) is 1.90. The average molecular weight is 179 g/mol. The van der Waals surface area contributed by atoms with Crippen molar-refractivity contribution >= 4 is 5.78 Å². The minimum atomic E-state index is -0.0255. The number of nitrogens with two attached hydrogens (primary N) is 1. The molecule has 0 amide bonds. The van der Waals surface area contributed by atoms with Crippen molar-refractivity contribution < 1.29 is 23.6 Å². The van der Waals surface area contributed by atoms with Crippen molar-refractivity contribution in [1.29, 1.82) is 0 Å². The summed E-state index contributed by atoms with van der Waals surface area (Å²) in [6, 6.07) is 0. The molecule has 0 aromatic carbocycles. The van der Waals surface area contributed by atoms with Crippen molar-refractivity contribution in [2.45, 2.75) is 6.92 Å². The van der Waals surface area contributed by atoms with Gasteiger partial charge in [0.25, 0.3) is 0 Å². The third kappa shape index (κ3) is 27.3.